The van der Waals surface area contributed by atoms with E-state index in [-0.39, 0.29) is 11.8 Å². The van der Waals surface area contributed by atoms with Crippen molar-refractivity contribution in [3.63, 3.8) is 0 Å². The Kier molecular flexibility index (Phi) is 6.85. The van der Waals surface area contributed by atoms with Crippen LogP contribution in [0.25, 0.3) is 0 Å². The van der Waals surface area contributed by atoms with Crippen LogP contribution >= 0.6 is 0 Å². The molecule has 1 aliphatic heterocycles. The first kappa shape index (κ1) is 19.3. The van der Waals surface area contributed by atoms with Gasteiger partial charge in [-0.15, -0.1) is 0 Å². The standard InChI is InChI=1S/C20H31N3O2/c1-5-10-21(18(4)24)11-9-20(25)23-14-12-22(13-15-23)19-8-6-7-16(2)17(19)3/h6-8H,5,9-15H2,1-4H3. The number of nitrogens with zero attached hydrogens (tertiary/aromatic N) is 3. The van der Waals surface area contributed by atoms with Crippen molar-refractivity contribution >= 4 is 17.5 Å². The third-order valence-corrected chi connectivity index (χ3v) is 5.08. The summed E-state index contributed by atoms with van der Waals surface area (Å²) in [6.07, 6.45) is 1.34. The minimum absolute atomic E-state index is 0.0504. The average molecular weight is 345 g/mol. The Morgan fingerprint density at radius 2 is 1.76 bits per heavy atom. The summed E-state index contributed by atoms with van der Waals surface area (Å²) < 4.78 is 0. The zero-order valence-corrected chi connectivity index (χ0v) is 16.0. The van der Waals surface area contributed by atoms with Gasteiger partial charge in [0.15, 0.2) is 0 Å². The van der Waals surface area contributed by atoms with Crippen LogP contribution in [0.1, 0.15) is 37.8 Å². The van der Waals surface area contributed by atoms with Crippen molar-refractivity contribution in [1.29, 1.82) is 0 Å². The maximum atomic E-state index is 12.5. The lowest BCUT2D eigenvalue weighted by atomic mass is 10.1. The smallest absolute Gasteiger partial charge is 0.224 e. The molecule has 1 saturated heterocycles. The first-order chi connectivity index (χ1) is 11.9. The fourth-order valence-electron chi connectivity index (χ4n) is 3.36. The first-order valence-corrected chi connectivity index (χ1v) is 9.28. The molecule has 1 aromatic rings. The van der Waals surface area contributed by atoms with Crippen LogP contribution < -0.4 is 4.90 Å². The maximum absolute atomic E-state index is 12.5. The molecule has 0 bridgehead atoms. The Morgan fingerprint density at radius 3 is 2.36 bits per heavy atom. The van der Waals surface area contributed by atoms with Gasteiger partial charge in [0.25, 0.3) is 0 Å². The van der Waals surface area contributed by atoms with E-state index in [4.69, 9.17) is 0 Å². The van der Waals surface area contributed by atoms with Crippen molar-refractivity contribution in [2.75, 3.05) is 44.2 Å². The molecule has 1 heterocycles. The predicted molar refractivity (Wildman–Crippen MR) is 102 cm³/mol. The summed E-state index contributed by atoms with van der Waals surface area (Å²) in [5.74, 6) is 0.206. The molecule has 0 spiro atoms. The van der Waals surface area contributed by atoms with Crippen molar-refractivity contribution in [2.45, 2.75) is 40.5 Å². The molecular formula is C20H31N3O2. The van der Waals surface area contributed by atoms with E-state index >= 15 is 0 Å². The molecular weight excluding hydrogens is 314 g/mol. The lowest BCUT2D eigenvalue weighted by Gasteiger charge is -2.37. The van der Waals surface area contributed by atoms with E-state index in [1.54, 1.807) is 11.8 Å². The van der Waals surface area contributed by atoms with E-state index in [9.17, 15) is 9.59 Å². The Bertz CT molecular complexity index is 607. The molecule has 5 heteroatoms. The number of amides is 2. The normalized spacial score (nSPS) is 14.6. The van der Waals surface area contributed by atoms with E-state index in [0.29, 0.717) is 13.0 Å². The van der Waals surface area contributed by atoms with Crippen molar-refractivity contribution in [3.8, 4) is 0 Å². The van der Waals surface area contributed by atoms with E-state index in [2.05, 4.69) is 36.9 Å². The summed E-state index contributed by atoms with van der Waals surface area (Å²) in [6.45, 7) is 12.4. The number of piperazine rings is 1. The first-order valence-electron chi connectivity index (χ1n) is 9.28. The highest BCUT2D eigenvalue weighted by Crippen LogP contribution is 2.23. The molecule has 0 N–H and O–H groups in total. The van der Waals surface area contributed by atoms with Crippen LogP contribution in [-0.4, -0.2) is 60.9 Å². The lowest BCUT2D eigenvalue weighted by molar-refractivity contribution is -0.133. The number of anilines is 1. The molecule has 1 aromatic carbocycles. The molecule has 1 fully saturated rings. The largest absolute Gasteiger partial charge is 0.368 e. The zero-order valence-electron chi connectivity index (χ0n) is 16.0. The van der Waals surface area contributed by atoms with Crippen LogP contribution in [0, 0.1) is 13.8 Å². The van der Waals surface area contributed by atoms with Gasteiger partial charge in [0.1, 0.15) is 0 Å². The molecule has 0 aliphatic carbocycles. The number of hydrogen-bond donors (Lipinski definition) is 0. The Balaban J connectivity index is 1.86. The molecule has 5 nitrogen and oxygen atoms in total. The number of carbonyl (C=O) groups is 2. The van der Waals surface area contributed by atoms with E-state index in [1.807, 2.05) is 11.8 Å². The minimum atomic E-state index is 0.0504. The quantitative estimate of drug-likeness (QED) is 0.796. The van der Waals surface area contributed by atoms with Crippen molar-refractivity contribution < 1.29 is 9.59 Å². The van der Waals surface area contributed by atoms with Crippen LogP contribution in [0.2, 0.25) is 0 Å². The van der Waals surface area contributed by atoms with Crippen molar-refractivity contribution in [1.82, 2.24) is 9.80 Å². The molecule has 0 atom stereocenters. The molecule has 1 aliphatic rings. The van der Waals surface area contributed by atoms with Crippen molar-refractivity contribution in [2.24, 2.45) is 0 Å². The van der Waals surface area contributed by atoms with Gasteiger partial charge in [0, 0.05) is 58.3 Å². The number of rotatable bonds is 6. The van der Waals surface area contributed by atoms with Gasteiger partial charge in [-0.2, -0.15) is 0 Å². The Morgan fingerprint density at radius 1 is 1.08 bits per heavy atom. The summed E-state index contributed by atoms with van der Waals surface area (Å²) >= 11 is 0. The number of aryl methyl sites for hydroxylation is 1. The Labute approximate surface area is 151 Å². The molecule has 0 unspecified atom stereocenters. The minimum Gasteiger partial charge on any atom is -0.368 e. The van der Waals surface area contributed by atoms with Crippen LogP contribution in [0.5, 0.6) is 0 Å². The van der Waals surface area contributed by atoms with Gasteiger partial charge < -0.3 is 14.7 Å². The second-order valence-corrected chi connectivity index (χ2v) is 6.84. The molecule has 0 radical (unpaired) electrons. The van der Waals surface area contributed by atoms with Gasteiger partial charge in [-0.1, -0.05) is 19.1 Å². The lowest BCUT2D eigenvalue weighted by Crippen LogP contribution is -2.49. The summed E-state index contributed by atoms with van der Waals surface area (Å²) in [6, 6.07) is 6.39. The van der Waals surface area contributed by atoms with E-state index < -0.39 is 0 Å². The maximum Gasteiger partial charge on any atom is 0.224 e. The monoisotopic (exact) mass is 345 g/mol. The van der Waals surface area contributed by atoms with Gasteiger partial charge in [0.2, 0.25) is 11.8 Å². The predicted octanol–water partition coefficient (Wildman–Crippen LogP) is 2.60. The summed E-state index contributed by atoms with van der Waals surface area (Å²) in [7, 11) is 0. The van der Waals surface area contributed by atoms with Gasteiger partial charge in [-0.25, -0.2) is 0 Å². The van der Waals surface area contributed by atoms with E-state index in [1.165, 1.54) is 16.8 Å². The number of hydrogen-bond acceptors (Lipinski definition) is 3. The fourth-order valence-corrected chi connectivity index (χ4v) is 3.36. The third kappa shape index (κ3) is 4.97. The highest BCUT2D eigenvalue weighted by atomic mass is 16.2. The Hall–Kier alpha value is -2.04. The highest BCUT2D eigenvalue weighted by Gasteiger charge is 2.22. The molecule has 0 saturated carbocycles. The fraction of sp³-hybridized carbons (Fsp3) is 0.600. The molecule has 0 aromatic heterocycles. The molecule has 138 valence electrons. The van der Waals surface area contributed by atoms with E-state index in [0.717, 1.165) is 39.1 Å². The SMILES string of the molecule is CCCN(CCC(=O)N1CCN(c2cccc(C)c2C)CC1)C(C)=O. The summed E-state index contributed by atoms with van der Waals surface area (Å²) in [5, 5.41) is 0. The van der Waals surface area contributed by atoms with Crippen LogP contribution in [0.4, 0.5) is 5.69 Å². The van der Waals surface area contributed by atoms with Gasteiger partial charge in [0.05, 0.1) is 0 Å². The molecule has 2 rings (SSSR count). The average Bonchev–Trinajstić information content (AvgIpc) is 2.60. The van der Waals surface area contributed by atoms with Crippen LogP contribution in [-0.2, 0) is 9.59 Å². The van der Waals surface area contributed by atoms with Gasteiger partial charge in [-0.3, -0.25) is 9.59 Å². The summed E-state index contributed by atoms with van der Waals surface area (Å²) in [5.41, 5.74) is 3.90. The number of carbonyl (C=O) groups excluding carboxylic acids is 2. The van der Waals surface area contributed by atoms with Gasteiger partial charge >= 0.3 is 0 Å². The molecule has 2 amide bonds. The highest BCUT2D eigenvalue weighted by molar-refractivity contribution is 5.78. The third-order valence-electron chi connectivity index (χ3n) is 5.08. The van der Waals surface area contributed by atoms with Crippen LogP contribution in [0.3, 0.4) is 0 Å². The van der Waals surface area contributed by atoms with Crippen molar-refractivity contribution in [3.05, 3.63) is 29.3 Å². The zero-order chi connectivity index (χ0) is 18.4. The topological polar surface area (TPSA) is 43.9 Å². The van der Waals surface area contributed by atoms with Gasteiger partial charge in [-0.05, 0) is 37.5 Å². The summed E-state index contributed by atoms with van der Waals surface area (Å²) in [4.78, 5) is 30.1. The van der Waals surface area contributed by atoms with Crippen LogP contribution in [0.15, 0.2) is 18.2 Å². The second-order valence-electron chi connectivity index (χ2n) is 6.84. The molecule has 25 heavy (non-hydrogen) atoms. The second kappa shape index (κ2) is 8.88. The number of benzene rings is 1.